The molecule has 1 unspecified atom stereocenters. The van der Waals surface area contributed by atoms with E-state index in [1.54, 1.807) is 0 Å². The third kappa shape index (κ3) is 3.16. The minimum absolute atomic E-state index is 0.0364. The van der Waals surface area contributed by atoms with Gasteiger partial charge in [-0.1, -0.05) is 6.92 Å². The number of anilines is 1. The molecule has 6 heteroatoms. The van der Waals surface area contributed by atoms with Gasteiger partial charge in [0, 0.05) is 25.0 Å². The van der Waals surface area contributed by atoms with Crippen molar-refractivity contribution in [3.05, 3.63) is 18.1 Å². The van der Waals surface area contributed by atoms with Crippen LogP contribution in [-0.4, -0.2) is 33.6 Å². The highest BCUT2D eigenvalue weighted by Gasteiger charge is 2.15. The average Bonchev–Trinajstić information content (AvgIpc) is 2.28. The van der Waals surface area contributed by atoms with Gasteiger partial charge in [-0.2, -0.15) is 0 Å². The van der Waals surface area contributed by atoms with Gasteiger partial charge in [0.25, 0.3) is 5.91 Å². The molecule has 0 radical (unpaired) electrons. The maximum Gasteiger partial charge on any atom is 0.273 e. The van der Waals surface area contributed by atoms with Crippen molar-refractivity contribution >= 4 is 11.7 Å². The zero-order valence-corrected chi connectivity index (χ0v) is 9.18. The number of rotatable bonds is 5. The first kappa shape index (κ1) is 12.4. The van der Waals surface area contributed by atoms with Gasteiger partial charge in [0.1, 0.15) is 0 Å². The van der Waals surface area contributed by atoms with E-state index in [0.29, 0.717) is 6.42 Å². The van der Waals surface area contributed by atoms with Crippen LogP contribution in [0, 0.1) is 0 Å². The van der Waals surface area contributed by atoms with E-state index in [2.05, 4.69) is 15.3 Å². The monoisotopic (exact) mass is 224 g/mol. The Labute approximate surface area is 93.9 Å². The number of aromatic nitrogens is 2. The summed E-state index contributed by atoms with van der Waals surface area (Å²) in [7, 11) is 0. The molecule has 1 rings (SSSR count). The van der Waals surface area contributed by atoms with E-state index in [-0.39, 0.29) is 30.1 Å². The third-order valence-corrected chi connectivity index (χ3v) is 2.25. The zero-order valence-electron chi connectivity index (χ0n) is 9.18. The second kappa shape index (κ2) is 6.02. The Balaban J connectivity index is 2.68. The number of hydrogen-bond acceptors (Lipinski definition) is 5. The summed E-state index contributed by atoms with van der Waals surface area (Å²) >= 11 is 0. The molecule has 0 spiro atoms. The number of aliphatic hydroxyl groups excluding tert-OH is 1. The van der Waals surface area contributed by atoms with E-state index in [4.69, 9.17) is 10.8 Å². The summed E-state index contributed by atoms with van der Waals surface area (Å²) in [5.74, 6) is -0.246. The summed E-state index contributed by atoms with van der Waals surface area (Å²) in [6, 6.07) is -0.0705. The van der Waals surface area contributed by atoms with Gasteiger partial charge >= 0.3 is 0 Å². The summed E-state index contributed by atoms with van der Waals surface area (Å²) in [6.45, 7) is 1.97. The Bertz CT molecular complexity index is 356. The SMILES string of the molecule is CCC(CCO)NC(=O)c1nccnc1N. The molecule has 6 nitrogen and oxygen atoms in total. The fourth-order valence-corrected chi connectivity index (χ4v) is 1.31. The lowest BCUT2D eigenvalue weighted by Crippen LogP contribution is -2.36. The first-order valence-electron chi connectivity index (χ1n) is 5.17. The highest BCUT2D eigenvalue weighted by Crippen LogP contribution is 2.04. The van der Waals surface area contributed by atoms with Crippen molar-refractivity contribution in [3.63, 3.8) is 0 Å². The van der Waals surface area contributed by atoms with Crippen molar-refractivity contribution in [2.24, 2.45) is 0 Å². The number of carbonyl (C=O) groups is 1. The normalized spacial score (nSPS) is 12.1. The van der Waals surface area contributed by atoms with Crippen LogP contribution in [0.5, 0.6) is 0 Å². The van der Waals surface area contributed by atoms with Gasteiger partial charge in [0.05, 0.1) is 0 Å². The van der Waals surface area contributed by atoms with E-state index in [1.807, 2.05) is 6.92 Å². The quantitative estimate of drug-likeness (QED) is 0.651. The smallest absolute Gasteiger partial charge is 0.273 e. The zero-order chi connectivity index (χ0) is 12.0. The van der Waals surface area contributed by atoms with Gasteiger partial charge in [-0.25, -0.2) is 9.97 Å². The van der Waals surface area contributed by atoms with Gasteiger partial charge in [-0.05, 0) is 12.8 Å². The molecule has 0 saturated carbocycles. The number of carbonyl (C=O) groups excluding carboxylic acids is 1. The molecule has 4 N–H and O–H groups in total. The number of nitrogens with two attached hydrogens (primary N) is 1. The molecular formula is C10H16N4O2. The Hall–Kier alpha value is -1.69. The van der Waals surface area contributed by atoms with Crippen molar-refractivity contribution in [3.8, 4) is 0 Å². The molecule has 0 fully saturated rings. The first-order chi connectivity index (χ1) is 7.69. The topological polar surface area (TPSA) is 101 Å². The van der Waals surface area contributed by atoms with Gasteiger partial charge < -0.3 is 16.2 Å². The van der Waals surface area contributed by atoms with Crippen LogP contribution in [-0.2, 0) is 0 Å². The van der Waals surface area contributed by atoms with Crippen LogP contribution in [0.1, 0.15) is 30.3 Å². The Morgan fingerprint density at radius 3 is 2.81 bits per heavy atom. The predicted molar refractivity (Wildman–Crippen MR) is 59.7 cm³/mol. The van der Waals surface area contributed by atoms with E-state index in [0.717, 1.165) is 6.42 Å². The van der Waals surface area contributed by atoms with Crippen molar-refractivity contribution in [2.45, 2.75) is 25.8 Å². The molecule has 1 aromatic heterocycles. The Kier molecular flexibility index (Phi) is 4.65. The molecule has 0 saturated heterocycles. The lowest BCUT2D eigenvalue weighted by molar-refractivity contribution is 0.0924. The average molecular weight is 224 g/mol. The Morgan fingerprint density at radius 2 is 2.25 bits per heavy atom. The summed E-state index contributed by atoms with van der Waals surface area (Å²) in [6.07, 6.45) is 4.10. The van der Waals surface area contributed by atoms with E-state index < -0.39 is 0 Å². The number of nitrogens with zero attached hydrogens (tertiary/aromatic N) is 2. The van der Waals surface area contributed by atoms with Crippen molar-refractivity contribution in [1.29, 1.82) is 0 Å². The van der Waals surface area contributed by atoms with Crippen molar-refractivity contribution < 1.29 is 9.90 Å². The largest absolute Gasteiger partial charge is 0.396 e. The fourth-order valence-electron chi connectivity index (χ4n) is 1.31. The molecule has 0 aliphatic carbocycles. The summed E-state index contributed by atoms with van der Waals surface area (Å²) in [5.41, 5.74) is 5.65. The number of aliphatic hydroxyl groups is 1. The number of nitrogen functional groups attached to an aromatic ring is 1. The maximum atomic E-state index is 11.7. The summed E-state index contributed by atoms with van der Waals surface area (Å²) in [5, 5.41) is 11.5. The van der Waals surface area contributed by atoms with Crippen molar-refractivity contribution in [1.82, 2.24) is 15.3 Å². The van der Waals surface area contributed by atoms with Crippen LogP contribution >= 0.6 is 0 Å². The predicted octanol–water partition coefficient (Wildman–Crippen LogP) is -0.0504. The van der Waals surface area contributed by atoms with Crippen molar-refractivity contribution in [2.75, 3.05) is 12.3 Å². The van der Waals surface area contributed by atoms with Crippen LogP contribution in [0.4, 0.5) is 5.82 Å². The molecule has 0 aliphatic rings. The number of amides is 1. The number of hydrogen-bond donors (Lipinski definition) is 3. The first-order valence-corrected chi connectivity index (χ1v) is 5.17. The van der Waals surface area contributed by atoms with Crippen LogP contribution in [0.3, 0.4) is 0 Å². The lowest BCUT2D eigenvalue weighted by atomic mass is 10.1. The summed E-state index contributed by atoms with van der Waals surface area (Å²) in [4.78, 5) is 19.4. The van der Waals surface area contributed by atoms with Gasteiger partial charge in [0.15, 0.2) is 11.5 Å². The second-order valence-corrected chi connectivity index (χ2v) is 3.38. The molecule has 1 heterocycles. The fraction of sp³-hybridized carbons (Fsp3) is 0.500. The van der Waals surface area contributed by atoms with E-state index in [1.165, 1.54) is 12.4 Å². The van der Waals surface area contributed by atoms with Crippen LogP contribution in [0.15, 0.2) is 12.4 Å². The minimum atomic E-state index is -0.356. The molecule has 1 aromatic rings. The van der Waals surface area contributed by atoms with Crippen LogP contribution in [0.25, 0.3) is 0 Å². The standard InChI is InChI=1S/C10H16N4O2/c1-2-7(3-6-15)14-10(16)8-9(11)13-5-4-12-8/h4-5,7,15H,2-3,6H2,1H3,(H2,11,13)(H,14,16). The highest BCUT2D eigenvalue weighted by atomic mass is 16.3. The summed E-state index contributed by atoms with van der Waals surface area (Å²) < 4.78 is 0. The second-order valence-electron chi connectivity index (χ2n) is 3.38. The van der Waals surface area contributed by atoms with Crippen LogP contribution < -0.4 is 11.1 Å². The molecule has 1 atom stereocenters. The molecule has 1 amide bonds. The molecule has 0 bridgehead atoms. The molecule has 16 heavy (non-hydrogen) atoms. The minimum Gasteiger partial charge on any atom is -0.396 e. The third-order valence-electron chi connectivity index (χ3n) is 2.25. The van der Waals surface area contributed by atoms with Gasteiger partial charge in [-0.15, -0.1) is 0 Å². The van der Waals surface area contributed by atoms with Crippen LogP contribution in [0.2, 0.25) is 0 Å². The lowest BCUT2D eigenvalue weighted by Gasteiger charge is -2.15. The molecule has 0 aliphatic heterocycles. The number of nitrogens with one attached hydrogen (secondary N) is 1. The molecular weight excluding hydrogens is 208 g/mol. The molecule has 88 valence electrons. The van der Waals surface area contributed by atoms with Gasteiger partial charge in [-0.3, -0.25) is 4.79 Å². The maximum absolute atomic E-state index is 11.7. The Morgan fingerprint density at radius 1 is 1.56 bits per heavy atom. The molecule has 0 aromatic carbocycles. The van der Waals surface area contributed by atoms with E-state index in [9.17, 15) is 4.79 Å². The van der Waals surface area contributed by atoms with E-state index >= 15 is 0 Å². The highest BCUT2D eigenvalue weighted by molar-refractivity contribution is 5.96. The van der Waals surface area contributed by atoms with Gasteiger partial charge in [0.2, 0.25) is 0 Å².